The molecule has 1 aliphatic carbocycles. The summed E-state index contributed by atoms with van der Waals surface area (Å²) < 4.78 is 1.80. The van der Waals surface area contributed by atoms with E-state index in [1.54, 1.807) is 4.68 Å². The lowest BCUT2D eigenvalue weighted by Gasteiger charge is -2.39. The van der Waals surface area contributed by atoms with Crippen molar-refractivity contribution in [1.29, 1.82) is 0 Å². The summed E-state index contributed by atoms with van der Waals surface area (Å²) in [6.07, 6.45) is 3.42. The molecule has 0 amide bonds. The van der Waals surface area contributed by atoms with E-state index < -0.39 is 5.60 Å². The average Bonchev–Trinajstić information content (AvgIpc) is 2.51. The van der Waals surface area contributed by atoms with Gasteiger partial charge in [0.2, 0.25) is 0 Å². The van der Waals surface area contributed by atoms with Crippen LogP contribution in [0.3, 0.4) is 0 Å². The lowest BCUT2D eigenvalue weighted by molar-refractivity contribution is -0.0292. The third-order valence-corrected chi connectivity index (χ3v) is 4.99. The number of rotatable bonds is 2. The molecule has 0 radical (unpaired) electrons. The second-order valence-corrected chi connectivity index (χ2v) is 6.45. The Kier molecular flexibility index (Phi) is 3.75. The van der Waals surface area contributed by atoms with Crippen LogP contribution in [-0.2, 0) is 13.5 Å². The van der Waals surface area contributed by atoms with E-state index in [0.717, 1.165) is 30.7 Å². The first-order valence-electron chi connectivity index (χ1n) is 6.73. The van der Waals surface area contributed by atoms with Gasteiger partial charge in [-0.1, -0.05) is 25.4 Å². The molecule has 1 heterocycles. The first-order valence-corrected chi connectivity index (χ1v) is 7.10. The van der Waals surface area contributed by atoms with Crippen molar-refractivity contribution < 1.29 is 5.11 Å². The fourth-order valence-electron chi connectivity index (χ4n) is 3.03. The standard InChI is InChI=1S/C14H23ClN2O/c1-9-5-6-14(18,7-10(9)2)8-12-13(15)11(3)16-17(12)4/h9-10,18H,5-8H2,1-4H3. The third-order valence-electron chi connectivity index (χ3n) is 4.50. The summed E-state index contributed by atoms with van der Waals surface area (Å²) in [6, 6.07) is 0. The zero-order valence-electron chi connectivity index (χ0n) is 11.7. The van der Waals surface area contributed by atoms with Crippen molar-refractivity contribution >= 4 is 11.6 Å². The lowest BCUT2D eigenvalue weighted by Crippen LogP contribution is -2.40. The summed E-state index contributed by atoms with van der Waals surface area (Å²) in [4.78, 5) is 0. The van der Waals surface area contributed by atoms with Gasteiger partial charge in [-0.3, -0.25) is 4.68 Å². The number of nitrogens with zero attached hydrogens (tertiary/aromatic N) is 2. The molecule has 102 valence electrons. The molecule has 1 aromatic heterocycles. The molecule has 0 bridgehead atoms. The van der Waals surface area contributed by atoms with Gasteiger partial charge in [0.1, 0.15) is 0 Å². The van der Waals surface area contributed by atoms with Crippen LogP contribution in [0, 0.1) is 18.8 Å². The van der Waals surface area contributed by atoms with Gasteiger partial charge >= 0.3 is 0 Å². The van der Waals surface area contributed by atoms with E-state index in [0.29, 0.717) is 23.3 Å². The highest BCUT2D eigenvalue weighted by Crippen LogP contribution is 2.39. The van der Waals surface area contributed by atoms with E-state index in [4.69, 9.17) is 11.6 Å². The van der Waals surface area contributed by atoms with Gasteiger partial charge in [-0.25, -0.2) is 0 Å². The summed E-state index contributed by atoms with van der Waals surface area (Å²) in [6.45, 7) is 6.40. The van der Waals surface area contributed by atoms with Crippen LogP contribution in [0.2, 0.25) is 5.02 Å². The largest absolute Gasteiger partial charge is 0.389 e. The van der Waals surface area contributed by atoms with Crippen molar-refractivity contribution in [2.75, 3.05) is 0 Å². The summed E-state index contributed by atoms with van der Waals surface area (Å²) in [7, 11) is 1.90. The van der Waals surface area contributed by atoms with E-state index in [9.17, 15) is 5.11 Å². The lowest BCUT2D eigenvalue weighted by atomic mass is 9.71. The quantitative estimate of drug-likeness (QED) is 0.897. The van der Waals surface area contributed by atoms with Gasteiger partial charge < -0.3 is 5.11 Å². The van der Waals surface area contributed by atoms with Gasteiger partial charge in [0, 0.05) is 13.5 Å². The Morgan fingerprint density at radius 3 is 2.61 bits per heavy atom. The molecule has 1 N–H and O–H groups in total. The number of aromatic nitrogens is 2. The molecule has 18 heavy (non-hydrogen) atoms. The summed E-state index contributed by atoms with van der Waals surface area (Å²) in [5, 5.41) is 15.8. The van der Waals surface area contributed by atoms with Crippen LogP contribution in [0.5, 0.6) is 0 Å². The molecule has 0 aromatic carbocycles. The van der Waals surface area contributed by atoms with Crippen LogP contribution in [0.15, 0.2) is 0 Å². The van der Waals surface area contributed by atoms with Gasteiger partial charge in [0.15, 0.2) is 0 Å². The Balaban J connectivity index is 2.18. The fourth-order valence-corrected chi connectivity index (χ4v) is 3.25. The first-order chi connectivity index (χ1) is 8.32. The highest BCUT2D eigenvalue weighted by Gasteiger charge is 2.37. The molecule has 1 saturated carbocycles. The summed E-state index contributed by atoms with van der Waals surface area (Å²) in [5.41, 5.74) is 1.18. The number of aryl methyl sites for hydroxylation is 2. The van der Waals surface area contributed by atoms with Crippen LogP contribution < -0.4 is 0 Å². The molecule has 3 unspecified atom stereocenters. The molecule has 0 aliphatic heterocycles. The zero-order valence-corrected chi connectivity index (χ0v) is 12.5. The maximum absolute atomic E-state index is 10.8. The highest BCUT2D eigenvalue weighted by molar-refractivity contribution is 6.31. The Hall–Kier alpha value is -0.540. The molecule has 1 fully saturated rings. The molecule has 2 rings (SSSR count). The van der Waals surface area contributed by atoms with Crippen molar-refractivity contribution in [3.63, 3.8) is 0 Å². The highest BCUT2D eigenvalue weighted by atomic mass is 35.5. The molecule has 1 aromatic rings. The van der Waals surface area contributed by atoms with Crippen LogP contribution in [0.1, 0.15) is 44.5 Å². The summed E-state index contributed by atoms with van der Waals surface area (Å²) >= 11 is 6.27. The number of aliphatic hydroxyl groups is 1. The van der Waals surface area contributed by atoms with Gasteiger partial charge in [0.05, 0.1) is 22.0 Å². The van der Waals surface area contributed by atoms with Crippen molar-refractivity contribution in [3.8, 4) is 0 Å². The normalized spacial score (nSPS) is 32.8. The average molecular weight is 271 g/mol. The number of hydrogen-bond donors (Lipinski definition) is 1. The maximum atomic E-state index is 10.8. The molecule has 1 aliphatic rings. The zero-order chi connectivity index (χ0) is 13.5. The van der Waals surface area contributed by atoms with Crippen LogP contribution in [0.4, 0.5) is 0 Å². The van der Waals surface area contributed by atoms with Crippen molar-refractivity contribution in [3.05, 3.63) is 16.4 Å². The van der Waals surface area contributed by atoms with E-state index in [2.05, 4.69) is 18.9 Å². The van der Waals surface area contributed by atoms with Gasteiger partial charge in [-0.05, 0) is 38.0 Å². The predicted octanol–water partition coefficient (Wildman–Crippen LogP) is 3.11. The predicted molar refractivity (Wildman–Crippen MR) is 73.8 cm³/mol. The Morgan fingerprint density at radius 1 is 1.44 bits per heavy atom. The van der Waals surface area contributed by atoms with Crippen molar-refractivity contribution in [2.45, 2.75) is 52.1 Å². The molecule has 0 saturated heterocycles. The molecule has 3 nitrogen and oxygen atoms in total. The second-order valence-electron chi connectivity index (χ2n) is 6.07. The first kappa shape index (κ1) is 13.9. The van der Waals surface area contributed by atoms with Gasteiger partial charge in [-0.2, -0.15) is 5.10 Å². The van der Waals surface area contributed by atoms with Crippen LogP contribution in [-0.4, -0.2) is 20.5 Å². The van der Waals surface area contributed by atoms with Crippen molar-refractivity contribution in [1.82, 2.24) is 9.78 Å². The molecular weight excluding hydrogens is 248 g/mol. The number of hydrogen-bond acceptors (Lipinski definition) is 2. The monoisotopic (exact) mass is 270 g/mol. The summed E-state index contributed by atoms with van der Waals surface area (Å²) in [5.74, 6) is 1.27. The minimum absolute atomic E-state index is 0.567. The molecular formula is C14H23ClN2O. The van der Waals surface area contributed by atoms with Gasteiger partial charge in [-0.15, -0.1) is 0 Å². The minimum atomic E-state index is -0.615. The Bertz CT molecular complexity index is 443. The third kappa shape index (κ3) is 2.57. The Morgan fingerprint density at radius 2 is 2.11 bits per heavy atom. The second kappa shape index (κ2) is 4.86. The van der Waals surface area contributed by atoms with Crippen LogP contribution in [0.25, 0.3) is 0 Å². The maximum Gasteiger partial charge on any atom is 0.0848 e. The van der Waals surface area contributed by atoms with E-state index in [1.165, 1.54) is 0 Å². The topological polar surface area (TPSA) is 38.0 Å². The SMILES string of the molecule is Cc1nn(C)c(CC2(O)CCC(C)C(C)C2)c1Cl. The molecule has 4 heteroatoms. The van der Waals surface area contributed by atoms with E-state index in [1.807, 2.05) is 14.0 Å². The van der Waals surface area contributed by atoms with Crippen LogP contribution >= 0.6 is 11.6 Å². The van der Waals surface area contributed by atoms with Gasteiger partial charge in [0.25, 0.3) is 0 Å². The molecule has 3 atom stereocenters. The van der Waals surface area contributed by atoms with E-state index >= 15 is 0 Å². The van der Waals surface area contributed by atoms with Crippen molar-refractivity contribution in [2.24, 2.45) is 18.9 Å². The minimum Gasteiger partial charge on any atom is -0.389 e. The smallest absolute Gasteiger partial charge is 0.0848 e. The number of halogens is 1. The Labute approximate surface area is 114 Å². The molecule has 0 spiro atoms. The fraction of sp³-hybridized carbons (Fsp3) is 0.786. The van der Waals surface area contributed by atoms with E-state index in [-0.39, 0.29) is 0 Å².